The second kappa shape index (κ2) is 11.0. The molecule has 6 nitrogen and oxygen atoms in total. The van der Waals surface area contributed by atoms with Crippen molar-refractivity contribution in [3.05, 3.63) is 89.4 Å². The zero-order valence-corrected chi connectivity index (χ0v) is 17.9. The number of ether oxygens (including phenoxy) is 1. The van der Waals surface area contributed by atoms with E-state index < -0.39 is 6.03 Å². The molecule has 0 aliphatic heterocycles. The molecule has 0 fully saturated rings. The third-order valence-electron chi connectivity index (χ3n) is 4.48. The molecule has 3 aromatic carbocycles. The Labute approximate surface area is 186 Å². The van der Waals surface area contributed by atoms with Gasteiger partial charge in [0.05, 0.1) is 18.0 Å². The predicted molar refractivity (Wildman–Crippen MR) is 123 cm³/mol. The van der Waals surface area contributed by atoms with Gasteiger partial charge in [0.2, 0.25) is 5.91 Å². The minimum atomic E-state index is -0.459. The summed E-state index contributed by atoms with van der Waals surface area (Å²) in [6, 6.07) is 23.4. The quantitative estimate of drug-likeness (QED) is 0.384. The zero-order valence-electron chi connectivity index (χ0n) is 17.2. The summed E-state index contributed by atoms with van der Waals surface area (Å²) >= 11 is 5.93. The standard InChI is InChI=1S/C24H24ClN3O3/c1-18-17-19(25)14-15-22(18)31-16-8-13-23(29)26-27-24(30)28(20-9-4-2-5-10-20)21-11-6-3-7-12-21/h2-7,9-12,14-15,17H,8,13,16H2,1H3,(H,26,29)(H,27,30). The average Bonchev–Trinajstić information content (AvgIpc) is 2.78. The van der Waals surface area contributed by atoms with E-state index in [4.69, 9.17) is 16.3 Å². The van der Waals surface area contributed by atoms with E-state index in [2.05, 4.69) is 10.9 Å². The highest BCUT2D eigenvalue weighted by atomic mass is 35.5. The van der Waals surface area contributed by atoms with Crippen molar-refractivity contribution in [2.75, 3.05) is 11.5 Å². The lowest BCUT2D eigenvalue weighted by Crippen LogP contribution is -2.47. The van der Waals surface area contributed by atoms with Crippen LogP contribution in [0.15, 0.2) is 78.9 Å². The van der Waals surface area contributed by atoms with Crippen LogP contribution in [0.25, 0.3) is 0 Å². The van der Waals surface area contributed by atoms with Crippen molar-refractivity contribution in [3.8, 4) is 5.75 Å². The van der Waals surface area contributed by atoms with Crippen LogP contribution in [0, 0.1) is 6.92 Å². The number of carbonyl (C=O) groups is 2. The first-order valence-corrected chi connectivity index (χ1v) is 10.3. The maximum atomic E-state index is 12.8. The van der Waals surface area contributed by atoms with E-state index in [9.17, 15) is 9.59 Å². The lowest BCUT2D eigenvalue weighted by atomic mass is 10.2. The Morgan fingerprint density at radius 2 is 1.52 bits per heavy atom. The van der Waals surface area contributed by atoms with Gasteiger partial charge in [0.1, 0.15) is 5.75 Å². The number of hydrogen-bond donors (Lipinski definition) is 2. The number of hydrogen-bond acceptors (Lipinski definition) is 3. The van der Waals surface area contributed by atoms with Crippen LogP contribution in [0.5, 0.6) is 5.75 Å². The summed E-state index contributed by atoms with van der Waals surface area (Å²) in [7, 11) is 0. The molecule has 7 heteroatoms. The molecule has 0 unspecified atom stereocenters. The number of urea groups is 1. The molecule has 0 saturated carbocycles. The summed E-state index contributed by atoms with van der Waals surface area (Å²) in [5.74, 6) is 0.435. The van der Waals surface area contributed by atoms with Gasteiger partial charge in [0.25, 0.3) is 0 Å². The molecule has 31 heavy (non-hydrogen) atoms. The third-order valence-corrected chi connectivity index (χ3v) is 4.72. The number of benzene rings is 3. The number of amides is 3. The van der Waals surface area contributed by atoms with Crippen LogP contribution in [0.2, 0.25) is 5.02 Å². The van der Waals surface area contributed by atoms with Crippen LogP contribution < -0.4 is 20.5 Å². The Morgan fingerprint density at radius 3 is 2.10 bits per heavy atom. The molecule has 0 saturated heterocycles. The topological polar surface area (TPSA) is 70.7 Å². The zero-order chi connectivity index (χ0) is 22.1. The van der Waals surface area contributed by atoms with Crippen LogP contribution in [-0.2, 0) is 4.79 Å². The summed E-state index contributed by atoms with van der Waals surface area (Å²) in [5, 5.41) is 0.653. The van der Waals surface area contributed by atoms with Crippen molar-refractivity contribution in [2.45, 2.75) is 19.8 Å². The van der Waals surface area contributed by atoms with E-state index >= 15 is 0 Å². The molecule has 3 aromatic rings. The molecule has 2 N–H and O–H groups in total. The molecular formula is C24H24ClN3O3. The molecule has 0 bridgehead atoms. The van der Waals surface area contributed by atoms with Gasteiger partial charge in [-0.25, -0.2) is 10.2 Å². The lowest BCUT2D eigenvalue weighted by molar-refractivity contribution is -0.122. The second-order valence-electron chi connectivity index (χ2n) is 6.85. The SMILES string of the molecule is Cc1cc(Cl)ccc1OCCCC(=O)NNC(=O)N(c1ccccc1)c1ccccc1. The molecule has 0 aliphatic carbocycles. The molecule has 3 amide bonds. The third kappa shape index (κ3) is 6.49. The number of nitrogens with zero attached hydrogens (tertiary/aromatic N) is 1. The fourth-order valence-electron chi connectivity index (χ4n) is 2.97. The van der Waals surface area contributed by atoms with E-state index in [0.717, 1.165) is 11.3 Å². The Balaban J connectivity index is 1.49. The predicted octanol–water partition coefficient (Wildman–Crippen LogP) is 5.39. The van der Waals surface area contributed by atoms with Crippen molar-refractivity contribution < 1.29 is 14.3 Å². The van der Waals surface area contributed by atoms with Crippen LogP contribution in [0.3, 0.4) is 0 Å². The second-order valence-corrected chi connectivity index (χ2v) is 7.28. The molecule has 0 radical (unpaired) electrons. The smallest absolute Gasteiger partial charge is 0.345 e. The average molecular weight is 438 g/mol. The molecule has 0 atom stereocenters. The van der Waals surface area contributed by atoms with Gasteiger partial charge in [-0.15, -0.1) is 0 Å². The van der Waals surface area contributed by atoms with Crippen LogP contribution in [-0.4, -0.2) is 18.5 Å². The summed E-state index contributed by atoms with van der Waals surface area (Å²) in [6.07, 6.45) is 0.717. The number of nitrogens with one attached hydrogen (secondary N) is 2. The highest BCUT2D eigenvalue weighted by Gasteiger charge is 2.18. The van der Waals surface area contributed by atoms with Crippen molar-refractivity contribution in [3.63, 3.8) is 0 Å². The minimum absolute atomic E-state index is 0.212. The van der Waals surface area contributed by atoms with E-state index in [1.165, 1.54) is 4.90 Å². The number of rotatable bonds is 7. The Hall–Kier alpha value is -3.51. The van der Waals surface area contributed by atoms with Crippen molar-refractivity contribution in [1.82, 2.24) is 10.9 Å². The Kier molecular flexibility index (Phi) is 7.90. The van der Waals surface area contributed by atoms with Crippen molar-refractivity contribution in [2.24, 2.45) is 0 Å². The van der Waals surface area contributed by atoms with Gasteiger partial charge < -0.3 is 4.74 Å². The van der Waals surface area contributed by atoms with Gasteiger partial charge in [0.15, 0.2) is 0 Å². The van der Waals surface area contributed by atoms with E-state index in [1.54, 1.807) is 12.1 Å². The number of hydrazine groups is 1. The maximum Gasteiger partial charge on any atom is 0.345 e. The van der Waals surface area contributed by atoms with E-state index in [1.807, 2.05) is 73.7 Å². The first-order chi connectivity index (χ1) is 15.0. The van der Waals surface area contributed by atoms with Gasteiger partial charge in [-0.1, -0.05) is 48.0 Å². The van der Waals surface area contributed by atoms with Crippen LogP contribution in [0.4, 0.5) is 16.2 Å². The number of para-hydroxylation sites is 2. The first-order valence-electron chi connectivity index (χ1n) is 9.92. The van der Waals surface area contributed by atoms with Gasteiger partial charge in [-0.05, 0) is 61.4 Å². The summed E-state index contributed by atoms with van der Waals surface area (Å²) in [5.41, 5.74) is 7.26. The summed E-state index contributed by atoms with van der Waals surface area (Å²) in [4.78, 5) is 26.4. The summed E-state index contributed by atoms with van der Waals surface area (Å²) < 4.78 is 5.69. The fraction of sp³-hybridized carbons (Fsp3) is 0.167. The monoisotopic (exact) mass is 437 g/mol. The highest BCUT2D eigenvalue weighted by Crippen LogP contribution is 2.25. The highest BCUT2D eigenvalue weighted by molar-refractivity contribution is 6.30. The molecule has 3 rings (SSSR count). The minimum Gasteiger partial charge on any atom is -0.493 e. The van der Waals surface area contributed by atoms with Crippen LogP contribution in [0.1, 0.15) is 18.4 Å². The number of anilines is 2. The molecule has 0 spiro atoms. The lowest BCUT2D eigenvalue weighted by Gasteiger charge is -2.23. The van der Waals surface area contributed by atoms with Gasteiger partial charge >= 0.3 is 6.03 Å². The van der Waals surface area contributed by atoms with Crippen molar-refractivity contribution >= 4 is 34.9 Å². The Bertz CT molecular complexity index is 974. The first kappa shape index (κ1) is 22.2. The van der Waals surface area contributed by atoms with Crippen molar-refractivity contribution in [1.29, 1.82) is 0 Å². The maximum absolute atomic E-state index is 12.8. The molecule has 0 aliphatic rings. The number of carbonyl (C=O) groups excluding carboxylic acids is 2. The Morgan fingerprint density at radius 1 is 0.903 bits per heavy atom. The molecule has 160 valence electrons. The largest absolute Gasteiger partial charge is 0.493 e. The number of aryl methyl sites for hydroxylation is 1. The molecular weight excluding hydrogens is 414 g/mol. The fourth-order valence-corrected chi connectivity index (χ4v) is 3.20. The normalized spacial score (nSPS) is 10.3. The van der Waals surface area contributed by atoms with Gasteiger partial charge in [-0.2, -0.15) is 0 Å². The molecule has 0 heterocycles. The molecule has 0 aromatic heterocycles. The van der Waals surface area contributed by atoms with E-state index in [-0.39, 0.29) is 12.3 Å². The van der Waals surface area contributed by atoms with Crippen LogP contribution >= 0.6 is 11.6 Å². The van der Waals surface area contributed by atoms with E-state index in [0.29, 0.717) is 29.4 Å². The summed E-state index contributed by atoms with van der Waals surface area (Å²) in [6.45, 7) is 2.29. The van der Waals surface area contributed by atoms with Gasteiger partial charge in [-0.3, -0.25) is 15.1 Å². The number of halogens is 1. The van der Waals surface area contributed by atoms with Gasteiger partial charge in [0, 0.05) is 11.4 Å².